The maximum absolute atomic E-state index is 5.84. The first-order valence-corrected chi connectivity index (χ1v) is 4.14. The van der Waals surface area contributed by atoms with Gasteiger partial charge in [0.25, 0.3) is 0 Å². The number of hydrogen-bond acceptors (Lipinski definition) is 2. The quantitative estimate of drug-likeness (QED) is 0.648. The van der Waals surface area contributed by atoms with Crippen molar-refractivity contribution in [2.24, 2.45) is 0 Å². The van der Waals surface area contributed by atoms with Crippen molar-refractivity contribution in [2.45, 2.75) is 6.92 Å². The third-order valence-electron chi connectivity index (χ3n) is 2.08. The molecule has 0 radical (unpaired) electrons. The molecule has 0 aliphatic heterocycles. The van der Waals surface area contributed by atoms with E-state index in [9.17, 15) is 0 Å². The molecule has 0 saturated heterocycles. The number of rotatable bonds is 1. The molecule has 0 bridgehead atoms. The van der Waals surface area contributed by atoms with Crippen LogP contribution in [0.15, 0.2) is 30.5 Å². The Morgan fingerprint density at radius 2 is 2.00 bits per heavy atom. The lowest BCUT2D eigenvalue weighted by Gasteiger charge is -2.02. The van der Waals surface area contributed by atoms with E-state index in [4.69, 9.17) is 5.73 Å². The molecule has 1 aromatic heterocycles. The minimum absolute atomic E-state index is 0.784. The molecule has 0 amide bonds. The molecule has 66 valence electrons. The molecular formula is C10H11N3. The summed E-state index contributed by atoms with van der Waals surface area (Å²) in [4.78, 5) is 0. The van der Waals surface area contributed by atoms with Gasteiger partial charge in [-0.3, -0.25) is 5.10 Å². The molecule has 1 aromatic carbocycles. The second-order valence-electron chi connectivity index (χ2n) is 3.00. The predicted octanol–water partition coefficient (Wildman–Crippen LogP) is 1.97. The van der Waals surface area contributed by atoms with E-state index in [-0.39, 0.29) is 0 Å². The van der Waals surface area contributed by atoms with Crippen molar-refractivity contribution < 1.29 is 0 Å². The molecule has 0 spiro atoms. The smallest absolute Gasteiger partial charge is 0.0569 e. The summed E-state index contributed by atoms with van der Waals surface area (Å²) >= 11 is 0. The van der Waals surface area contributed by atoms with E-state index in [0.29, 0.717) is 0 Å². The zero-order valence-electron chi connectivity index (χ0n) is 7.41. The topological polar surface area (TPSA) is 54.7 Å². The van der Waals surface area contributed by atoms with Gasteiger partial charge in [0.05, 0.1) is 6.20 Å². The molecule has 0 unspecified atom stereocenters. The van der Waals surface area contributed by atoms with Crippen LogP contribution >= 0.6 is 0 Å². The first-order valence-electron chi connectivity index (χ1n) is 4.14. The van der Waals surface area contributed by atoms with Crippen LogP contribution in [0, 0.1) is 6.92 Å². The highest BCUT2D eigenvalue weighted by atomic mass is 15.1. The Bertz CT molecular complexity index is 418. The number of aromatic nitrogens is 2. The van der Waals surface area contributed by atoms with Crippen molar-refractivity contribution >= 4 is 5.69 Å². The van der Waals surface area contributed by atoms with E-state index in [1.807, 2.05) is 31.2 Å². The van der Waals surface area contributed by atoms with Crippen molar-refractivity contribution in [3.05, 3.63) is 36.2 Å². The number of nitrogens with zero attached hydrogens (tertiary/aromatic N) is 1. The Kier molecular flexibility index (Phi) is 1.77. The molecule has 0 fully saturated rings. The number of H-pyrrole nitrogens is 1. The number of aromatic amines is 1. The third-order valence-corrected chi connectivity index (χ3v) is 2.08. The number of nitrogens with one attached hydrogen (secondary N) is 1. The highest BCUT2D eigenvalue weighted by molar-refractivity contribution is 5.76. The normalized spacial score (nSPS) is 10.2. The summed E-state index contributed by atoms with van der Waals surface area (Å²) in [5.74, 6) is 0. The number of para-hydroxylation sites is 1. The highest BCUT2D eigenvalue weighted by Crippen LogP contribution is 2.26. The zero-order valence-corrected chi connectivity index (χ0v) is 7.41. The SMILES string of the molecule is Cc1[nH]ncc1-c1ccccc1N. The van der Waals surface area contributed by atoms with Gasteiger partial charge in [-0.2, -0.15) is 5.10 Å². The van der Waals surface area contributed by atoms with Crippen molar-refractivity contribution in [3.63, 3.8) is 0 Å². The highest BCUT2D eigenvalue weighted by Gasteiger charge is 2.05. The summed E-state index contributed by atoms with van der Waals surface area (Å²) in [5.41, 5.74) is 9.77. The van der Waals surface area contributed by atoms with Gasteiger partial charge < -0.3 is 5.73 Å². The fourth-order valence-corrected chi connectivity index (χ4v) is 1.36. The first-order chi connectivity index (χ1) is 6.29. The average molecular weight is 173 g/mol. The van der Waals surface area contributed by atoms with Crippen LogP contribution in [-0.4, -0.2) is 10.2 Å². The van der Waals surface area contributed by atoms with Gasteiger partial charge in [-0.15, -0.1) is 0 Å². The van der Waals surface area contributed by atoms with Gasteiger partial charge in [0, 0.05) is 22.5 Å². The van der Waals surface area contributed by atoms with Crippen molar-refractivity contribution in [1.29, 1.82) is 0 Å². The maximum Gasteiger partial charge on any atom is 0.0569 e. The van der Waals surface area contributed by atoms with Crippen molar-refractivity contribution in [3.8, 4) is 11.1 Å². The molecule has 2 rings (SSSR count). The summed E-state index contributed by atoms with van der Waals surface area (Å²) in [7, 11) is 0. The summed E-state index contributed by atoms with van der Waals surface area (Å²) in [6, 6.07) is 7.78. The lowest BCUT2D eigenvalue weighted by molar-refractivity contribution is 1.05. The van der Waals surface area contributed by atoms with E-state index in [0.717, 1.165) is 22.5 Å². The Balaban J connectivity index is 2.59. The second-order valence-corrected chi connectivity index (χ2v) is 3.00. The molecule has 3 heteroatoms. The van der Waals surface area contributed by atoms with Gasteiger partial charge in [0.2, 0.25) is 0 Å². The molecule has 0 aliphatic carbocycles. The monoisotopic (exact) mass is 173 g/mol. The molecule has 0 aliphatic rings. The van der Waals surface area contributed by atoms with Crippen LogP contribution in [-0.2, 0) is 0 Å². The van der Waals surface area contributed by atoms with Gasteiger partial charge >= 0.3 is 0 Å². The molecule has 13 heavy (non-hydrogen) atoms. The van der Waals surface area contributed by atoms with E-state index >= 15 is 0 Å². The van der Waals surface area contributed by atoms with Gasteiger partial charge in [-0.05, 0) is 13.0 Å². The Labute approximate surface area is 76.6 Å². The standard InChI is InChI=1S/C10H11N3/c1-7-9(6-12-13-7)8-4-2-3-5-10(8)11/h2-6H,11H2,1H3,(H,12,13). The molecule has 2 aromatic rings. The fraction of sp³-hybridized carbons (Fsp3) is 0.100. The Morgan fingerprint density at radius 1 is 1.23 bits per heavy atom. The van der Waals surface area contributed by atoms with Crippen LogP contribution in [0.1, 0.15) is 5.69 Å². The van der Waals surface area contributed by atoms with Gasteiger partial charge in [0.15, 0.2) is 0 Å². The molecule has 1 heterocycles. The minimum Gasteiger partial charge on any atom is -0.398 e. The first kappa shape index (κ1) is 7.86. The fourth-order valence-electron chi connectivity index (χ4n) is 1.36. The van der Waals surface area contributed by atoms with Gasteiger partial charge in [-0.25, -0.2) is 0 Å². The number of aryl methyl sites for hydroxylation is 1. The summed E-state index contributed by atoms with van der Waals surface area (Å²) in [6.45, 7) is 1.98. The number of benzene rings is 1. The second kappa shape index (κ2) is 2.94. The number of nitrogen functional groups attached to an aromatic ring is 1. The van der Waals surface area contributed by atoms with E-state index < -0.39 is 0 Å². The Morgan fingerprint density at radius 3 is 2.62 bits per heavy atom. The average Bonchev–Trinajstić information content (AvgIpc) is 2.52. The van der Waals surface area contributed by atoms with Gasteiger partial charge in [0.1, 0.15) is 0 Å². The number of hydrogen-bond donors (Lipinski definition) is 2. The summed E-state index contributed by atoms with van der Waals surface area (Å²) in [5, 5.41) is 6.85. The van der Waals surface area contributed by atoms with Crippen LogP contribution in [0.2, 0.25) is 0 Å². The zero-order chi connectivity index (χ0) is 9.26. The van der Waals surface area contributed by atoms with Gasteiger partial charge in [-0.1, -0.05) is 18.2 Å². The van der Waals surface area contributed by atoms with Crippen LogP contribution in [0.5, 0.6) is 0 Å². The van der Waals surface area contributed by atoms with Crippen molar-refractivity contribution in [1.82, 2.24) is 10.2 Å². The van der Waals surface area contributed by atoms with Crippen molar-refractivity contribution in [2.75, 3.05) is 5.73 Å². The molecule has 0 saturated carbocycles. The molecular weight excluding hydrogens is 162 g/mol. The Hall–Kier alpha value is -1.77. The van der Waals surface area contributed by atoms with E-state index in [1.54, 1.807) is 6.20 Å². The van der Waals surface area contributed by atoms with Crippen LogP contribution in [0.3, 0.4) is 0 Å². The predicted molar refractivity (Wildman–Crippen MR) is 53.2 cm³/mol. The maximum atomic E-state index is 5.84. The summed E-state index contributed by atoms with van der Waals surface area (Å²) < 4.78 is 0. The third kappa shape index (κ3) is 1.28. The van der Waals surface area contributed by atoms with E-state index in [2.05, 4.69) is 10.2 Å². The number of anilines is 1. The largest absolute Gasteiger partial charge is 0.398 e. The van der Waals surface area contributed by atoms with E-state index in [1.165, 1.54) is 0 Å². The summed E-state index contributed by atoms with van der Waals surface area (Å²) in [6.07, 6.45) is 1.79. The molecule has 0 atom stereocenters. The van der Waals surface area contributed by atoms with Crippen LogP contribution < -0.4 is 5.73 Å². The van der Waals surface area contributed by atoms with Crippen LogP contribution in [0.4, 0.5) is 5.69 Å². The molecule has 3 N–H and O–H groups in total. The lowest BCUT2D eigenvalue weighted by atomic mass is 10.1. The molecule has 3 nitrogen and oxygen atoms in total. The minimum atomic E-state index is 0.784. The number of nitrogens with two attached hydrogens (primary N) is 1. The lowest BCUT2D eigenvalue weighted by Crippen LogP contribution is -1.89. The van der Waals surface area contributed by atoms with Crippen LogP contribution in [0.25, 0.3) is 11.1 Å².